The number of nitrogens with one attached hydrogen (secondary N) is 1. The van der Waals surface area contributed by atoms with Crippen molar-refractivity contribution in [3.63, 3.8) is 0 Å². The molecule has 1 aromatic carbocycles. The summed E-state index contributed by atoms with van der Waals surface area (Å²) in [6, 6.07) is 9.93. The number of carbonyl (C=O) groups is 1. The van der Waals surface area contributed by atoms with Crippen molar-refractivity contribution in [1.82, 2.24) is 25.0 Å². The number of aromatic nitrogens is 3. The molecule has 2 aromatic heterocycles. The highest BCUT2D eigenvalue weighted by atomic mass is 32.1. The maximum Gasteiger partial charge on any atom is 0.270 e. The van der Waals surface area contributed by atoms with Gasteiger partial charge in [-0.3, -0.25) is 4.79 Å². The molecule has 1 N–H and O–H groups in total. The summed E-state index contributed by atoms with van der Waals surface area (Å²) in [6.07, 6.45) is 7.57. The number of hydrogen-bond donors (Lipinski definition) is 1. The molecule has 6 nitrogen and oxygen atoms in total. The second-order valence-electron chi connectivity index (χ2n) is 6.71. The Hall–Kier alpha value is -2.51. The number of piperidine rings is 1. The van der Waals surface area contributed by atoms with Gasteiger partial charge < -0.3 is 10.2 Å². The van der Waals surface area contributed by atoms with Crippen molar-refractivity contribution >= 4 is 17.2 Å². The van der Waals surface area contributed by atoms with Gasteiger partial charge >= 0.3 is 0 Å². The van der Waals surface area contributed by atoms with Crippen LogP contribution in [0.3, 0.4) is 0 Å². The SMILES string of the molecule is O=C(NCCN1CCCCC1)c1csc(-c2cnn(-c3ccccc3)c2)n1. The van der Waals surface area contributed by atoms with Gasteiger partial charge in [-0.15, -0.1) is 11.3 Å². The second-order valence-corrected chi connectivity index (χ2v) is 7.56. The molecule has 27 heavy (non-hydrogen) atoms. The molecular weight excluding hydrogens is 358 g/mol. The molecule has 0 unspecified atom stereocenters. The molecule has 1 aliphatic heterocycles. The highest BCUT2D eigenvalue weighted by Gasteiger charge is 2.14. The molecular formula is C20H23N5OS. The first-order valence-electron chi connectivity index (χ1n) is 9.36. The number of hydrogen-bond acceptors (Lipinski definition) is 5. The Morgan fingerprint density at radius 2 is 1.96 bits per heavy atom. The summed E-state index contributed by atoms with van der Waals surface area (Å²) in [5, 5.41) is 10.00. The van der Waals surface area contributed by atoms with Crippen LogP contribution in [0.15, 0.2) is 48.1 Å². The van der Waals surface area contributed by atoms with E-state index in [0.29, 0.717) is 12.2 Å². The Morgan fingerprint density at radius 3 is 2.78 bits per heavy atom. The van der Waals surface area contributed by atoms with Crippen LogP contribution in [-0.2, 0) is 0 Å². The minimum atomic E-state index is -0.107. The van der Waals surface area contributed by atoms with Crippen LogP contribution in [0.2, 0.25) is 0 Å². The predicted molar refractivity (Wildman–Crippen MR) is 107 cm³/mol. The van der Waals surface area contributed by atoms with Gasteiger partial charge in [0.25, 0.3) is 5.91 Å². The number of thiazole rings is 1. The number of benzene rings is 1. The van der Waals surface area contributed by atoms with E-state index in [-0.39, 0.29) is 5.91 Å². The first-order chi connectivity index (χ1) is 13.3. The van der Waals surface area contributed by atoms with Gasteiger partial charge in [-0.25, -0.2) is 9.67 Å². The number of amides is 1. The molecule has 1 saturated heterocycles. The summed E-state index contributed by atoms with van der Waals surface area (Å²) in [7, 11) is 0. The zero-order chi connectivity index (χ0) is 18.5. The maximum atomic E-state index is 12.4. The van der Waals surface area contributed by atoms with E-state index < -0.39 is 0 Å². The molecule has 0 saturated carbocycles. The van der Waals surface area contributed by atoms with Crippen molar-refractivity contribution in [2.75, 3.05) is 26.2 Å². The molecule has 3 aromatic rings. The average Bonchev–Trinajstić information content (AvgIpc) is 3.39. The van der Waals surface area contributed by atoms with Gasteiger partial charge in [0.15, 0.2) is 0 Å². The fraction of sp³-hybridized carbons (Fsp3) is 0.350. The van der Waals surface area contributed by atoms with E-state index in [1.165, 1.54) is 30.6 Å². The van der Waals surface area contributed by atoms with Crippen molar-refractivity contribution in [1.29, 1.82) is 0 Å². The fourth-order valence-corrected chi connectivity index (χ4v) is 4.04. The third kappa shape index (κ3) is 4.43. The summed E-state index contributed by atoms with van der Waals surface area (Å²) in [5.41, 5.74) is 2.38. The second kappa shape index (κ2) is 8.45. The van der Waals surface area contributed by atoms with Gasteiger partial charge in [-0.2, -0.15) is 5.10 Å². The summed E-state index contributed by atoms with van der Waals surface area (Å²) in [6.45, 7) is 3.86. The normalized spacial score (nSPS) is 15.0. The Kier molecular flexibility index (Phi) is 5.60. The summed E-state index contributed by atoms with van der Waals surface area (Å²) in [5.74, 6) is -0.107. The largest absolute Gasteiger partial charge is 0.349 e. The summed E-state index contributed by atoms with van der Waals surface area (Å²) < 4.78 is 1.81. The van der Waals surface area contributed by atoms with Crippen LogP contribution < -0.4 is 5.32 Å². The van der Waals surface area contributed by atoms with E-state index in [0.717, 1.165) is 35.9 Å². The van der Waals surface area contributed by atoms with E-state index in [4.69, 9.17) is 0 Å². The number of para-hydroxylation sites is 1. The first kappa shape index (κ1) is 17.9. The maximum absolute atomic E-state index is 12.4. The lowest BCUT2D eigenvalue weighted by atomic mass is 10.1. The average molecular weight is 382 g/mol. The van der Waals surface area contributed by atoms with Gasteiger partial charge in [-0.05, 0) is 38.1 Å². The van der Waals surface area contributed by atoms with E-state index in [1.54, 1.807) is 6.20 Å². The lowest BCUT2D eigenvalue weighted by Gasteiger charge is -2.26. The van der Waals surface area contributed by atoms with Crippen LogP contribution in [0.4, 0.5) is 0 Å². The molecule has 140 valence electrons. The molecule has 4 rings (SSSR count). The molecule has 1 fully saturated rings. The molecule has 7 heteroatoms. The molecule has 3 heterocycles. The lowest BCUT2D eigenvalue weighted by Crippen LogP contribution is -2.37. The zero-order valence-electron chi connectivity index (χ0n) is 15.2. The quantitative estimate of drug-likeness (QED) is 0.712. The van der Waals surface area contributed by atoms with E-state index in [1.807, 2.05) is 46.6 Å². The smallest absolute Gasteiger partial charge is 0.270 e. The zero-order valence-corrected chi connectivity index (χ0v) is 16.0. The Labute approximate surface area is 162 Å². The van der Waals surface area contributed by atoms with Gasteiger partial charge in [0.05, 0.1) is 11.9 Å². The molecule has 0 bridgehead atoms. The molecule has 1 amide bonds. The standard InChI is InChI=1S/C20H23N5OS/c26-19(21-9-12-24-10-5-2-6-11-24)18-15-27-20(23-18)16-13-22-25(14-16)17-7-3-1-4-8-17/h1,3-4,7-8,13-15H,2,5-6,9-12H2,(H,21,26). The molecule has 0 atom stereocenters. The van der Waals surface area contributed by atoms with Crippen LogP contribution in [-0.4, -0.2) is 51.8 Å². The van der Waals surface area contributed by atoms with E-state index in [2.05, 4.69) is 20.3 Å². The predicted octanol–water partition coefficient (Wildman–Crippen LogP) is 3.21. The first-order valence-corrected chi connectivity index (χ1v) is 10.2. The number of carbonyl (C=O) groups excluding carboxylic acids is 1. The number of likely N-dealkylation sites (tertiary alicyclic amines) is 1. The Balaban J connectivity index is 1.35. The third-order valence-corrected chi connectivity index (χ3v) is 5.64. The molecule has 1 aliphatic rings. The van der Waals surface area contributed by atoms with E-state index in [9.17, 15) is 4.79 Å². The summed E-state index contributed by atoms with van der Waals surface area (Å²) in [4.78, 5) is 19.3. The van der Waals surface area contributed by atoms with Crippen molar-refractivity contribution in [2.24, 2.45) is 0 Å². The highest BCUT2D eigenvalue weighted by molar-refractivity contribution is 7.13. The molecule has 0 aliphatic carbocycles. The third-order valence-electron chi connectivity index (χ3n) is 4.75. The van der Waals surface area contributed by atoms with Crippen LogP contribution in [0, 0.1) is 0 Å². The van der Waals surface area contributed by atoms with Crippen LogP contribution >= 0.6 is 11.3 Å². The lowest BCUT2D eigenvalue weighted by molar-refractivity contribution is 0.0942. The van der Waals surface area contributed by atoms with Crippen molar-refractivity contribution in [3.8, 4) is 16.3 Å². The van der Waals surface area contributed by atoms with Crippen LogP contribution in [0.5, 0.6) is 0 Å². The Morgan fingerprint density at radius 1 is 1.15 bits per heavy atom. The summed E-state index contributed by atoms with van der Waals surface area (Å²) >= 11 is 1.47. The number of nitrogens with zero attached hydrogens (tertiary/aromatic N) is 4. The Bertz CT molecular complexity index is 883. The monoisotopic (exact) mass is 381 g/mol. The molecule has 0 radical (unpaired) electrons. The van der Waals surface area contributed by atoms with Gasteiger partial charge in [0.2, 0.25) is 0 Å². The van der Waals surface area contributed by atoms with Crippen LogP contribution in [0.1, 0.15) is 29.8 Å². The highest BCUT2D eigenvalue weighted by Crippen LogP contribution is 2.24. The van der Waals surface area contributed by atoms with Crippen molar-refractivity contribution in [3.05, 3.63) is 53.8 Å². The minimum absolute atomic E-state index is 0.107. The van der Waals surface area contributed by atoms with E-state index >= 15 is 0 Å². The minimum Gasteiger partial charge on any atom is -0.349 e. The number of rotatable bonds is 6. The topological polar surface area (TPSA) is 63.1 Å². The van der Waals surface area contributed by atoms with Gasteiger partial charge in [-0.1, -0.05) is 24.6 Å². The van der Waals surface area contributed by atoms with Crippen molar-refractivity contribution in [2.45, 2.75) is 19.3 Å². The van der Waals surface area contributed by atoms with Gasteiger partial charge in [0, 0.05) is 30.2 Å². The molecule has 0 spiro atoms. The van der Waals surface area contributed by atoms with Gasteiger partial charge in [0.1, 0.15) is 10.7 Å². The fourth-order valence-electron chi connectivity index (χ4n) is 3.27. The van der Waals surface area contributed by atoms with Crippen LogP contribution in [0.25, 0.3) is 16.3 Å². The van der Waals surface area contributed by atoms with Crippen molar-refractivity contribution < 1.29 is 4.79 Å².